The Balaban J connectivity index is 0.000000384. The number of hydrogen-bond acceptors (Lipinski definition) is 3. The maximum atomic E-state index is 10.5. The van der Waals surface area contributed by atoms with Crippen LogP contribution in [0.5, 0.6) is 0 Å². The summed E-state index contributed by atoms with van der Waals surface area (Å²) in [7, 11) is -1.93. The lowest BCUT2D eigenvalue weighted by atomic mass is 10.2. The van der Waals surface area contributed by atoms with Gasteiger partial charge in [-0.2, -0.15) is 18.3 Å². The summed E-state index contributed by atoms with van der Waals surface area (Å²) in [6, 6.07) is 41.3. The molecule has 36 heavy (non-hydrogen) atoms. The molecule has 0 aliphatic heterocycles. The average molecular weight is 506 g/mol. The molecule has 0 amide bonds. The summed E-state index contributed by atoms with van der Waals surface area (Å²) in [6.45, 7) is 0. The first-order chi connectivity index (χ1) is 17.3. The molecule has 0 saturated carbocycles. The summed E-state index contributed by atoms with van der Waals surface area (Å²) in [6.07, 6.45) is -4.31. The minimum absolute atomic E-state index is 0.884. The van der Waals surface area contributed by atoms with Crippen molar-refractivity contribution in [1.82, 2.24) is 10.2 Å². The SMILES string of the molecule is O=C([O-])C(F)(F)F.c1ccc([P+](Cc2n[nH]c3ccccc23)(c2ccccc2)c2ccccc2)cc1. The number of carbonyl (C=O) groups is 1. The van der Waals surface area contributed by atoms with Crippen LogP contribution in [0.2, 0.25) is 0 Å². The normalized spacial score (nSPS) is 11.5. The zero-order chi connectivity index (χ0) is 25.6. The molecule has 1 aromatic heterocycles. The molecule has 0 spiro atoms. The summed E-state index contributed by atoms with van der Waals surface area (Å²) in [5.41, 5.74) is 2.22. The van der Waals surface area contributed by atoms with E-state index in [0.29, 0.717) is 0 Å². The fourth-order valence-electron chi connectivity index (χ4n) is 4.13. The predicted molar refractivity (Wildman–Crippen MR) is 136 cm³/mol. The number of carboxylic acids is 1. The minimum Gasteiger partial charge on any atom is -0.542 e. The molecule has 5 aromatic rings. The number of aliphatic carboxylic acids is 1. The number of carbonyl (C=O) groups excluding carboxylic acids is 1. The molecule has 0 saturated heterocycles. The van der Waals surface area contributed by atoms with Gasteiger partial charge in [-0.1, -0.05) is 72.8 Å². The third-order valence-corrected chi connectivity index (χ3v) is 10.1. The van der Waals surface area contributed by atoms with Gasteiger partial charge in [0.25, 0.3) is 0 Å². The first-order valence-corrected chi connectivity index (χ1v) is 13.0. The van der Waals surface area contributed by atoms with E-state index in [4.69, 9.17) is 15.0 Å². The van der Waals surface area contributed by atoms with Crippen LogP contribution >= 0.6 is 7.26 Å². The van der Waals surface area contributed by atoms with E-state index in [2.05, 4.69) is 120 Å². The highest BCUT2D eigenvalue weighted by molar-refractivity contribution is 7.95. The number of H-pyrrole nitrogens is 1. The third kappa shape index (κ3) is 5.31. The predicted octanol–water partition coefficient (Wildman–Crippen LogP) is 4.36. The molecule has 4 nitrogen and oxygen atoms in total. The largest absolute Gasteiger partial charge is 0.542 e. The maximum Gasteiger partial charge on any atom is 0.430 e. The van der Waals surface area contributed by atoms with Crippen LogP contribution in [0.4, 0.5) is 13.2 Å². The van der Waals surface area contributed by atoms with Crippen LogP contribution in [0.25, 0.3) is 10.9 Å². The van der Waals surface area contributed by atoms with Crippen molar-refractivity contribution < 1.29 is 23.1 Å². The molecular formula is C28H22F3N2O2P. The zero-order valence-electron chi connectivity index (χ0n) is 19.0. The standard InChI is InChI=1S/C26H22N2P.C2HF3O2/c1-4-12-21(13-5-1)29(22-14-6-2-7-15-22,23-16-8-3-9-17-23)20-26-24-18-10-11-19-25(24)27-28-26;3-2(4,5)1(6)7/h1-19H,20H2,(H,27,28);(H,6,7)/q+1;/p-1. The van der Waals surface area contributed by atoms with Gasteiger partial charge in [-0.3, -0.25) is 5.10 Å². The lowest BCUT2D eigenvalue weighted by Crippen LogP contribution is -2.37. The van der Waals surface area contributed by atoms with Gasteiger partial charge in [-0.25, -0.2) is 0 Å². The van der Waals surface area contributed by atoms with Gasteiger partial charge < -0.3 is 9.90 Å². The first kappa shape index (κ1) is 25.1. The average Bonchev–Trinajstić information content (AvgIpc) is 3.31. The van der Waals surface area contributed by atoms with Crippen LogP contribution in [0.1, 0.15) is 5.69 Å². The van der Waals surface area contributed by atoms with Crippen molar-refractivity contribution in [2.45, 2.75) is 12.3 Å². The number of rotatable bonds is 5. The highest BCUT2D eigenvalue weighted by Crippen LogP contribution is 2.58. The summed E-state index contributed by atoms with van der Waals surface area (Å²) < 4.78 is 31.5. The zero-order valence-corrected chi connectivity index (χ0v) is 19.9. The van der Waals surface area contributed by atoms with Gasteiger partial charge in [0.2, 0.25) is 0 Å². The molecule has 1 heterocycles. The van der Waals surface area contributed by atoms with Gasteiger partial charge in [-0.05, 0) is 42.5 Å². The van der Waals surface area contributed by atoms with E-state index in [1.807, 2.05) is 0 Å². The van der Waals surface area contributed by atoms with Crippen molar-refractivity contribution in [1.29, 1.82) is 0 Å². The highest BCUT2D eigenvalue weighted by atomic mass is 31.2. The number of nitrogens with zero attached hydrogens (tertiary/aromatic N) is 1. The van der Waals surface area contributed by atoms with E-state index in [9.17, 15) is 13.2 Å². The molecule has 0 radical (unpaired) electrons. The first-order valence-electron chi connectivity index (χ1n) is 11.1. The van der Waals surface area contributed by atoms with E-state index in [1.54, 1.807) is 0 Å². The fourth-order valence-corrected chi connectivity index (χ4v) is 8.31. The second kappa shape index (κ2) is 10.8. The number of carboxylic acid groups (broad SMARTS) is 1. The summed E-state index contributed by atoms with van der Waals surface area (Å²) >= 11 is 0. The number of benzene rings is 4. The monoisotopic (exact) mass is 506 g/mol. The van der Waals surface area contributed by atoms with Crippen molar-refractivity contribution in [2.24, 2.45) is 0 Å². The Bertz CT molecular complexity index is 1330. The highest BCUT2D eigenvalue weighted by Gasteiger charge is 2.46. The number of nitrogens with one attached hydrogen (secondary N) is 1. The maximum absolute atomic E-state index is 10.5. The van der Waals surface area contributed by atoms with Crippen molar-refractivity contribution in [3.05, 3.63) is 121 Å². The Kier molecular flexibility index (Phi) is 7.51. The topological polar surface area (TPSA) is 68.8 Å². The molecule has 0 atom stereocenters. The van der Waals surface area contributed by atoms with E-state index in [1.165, 1.54) is 21.3 Å². The molecule has 0 aliphatic rings. The number of halogens is 3. The lowest BCUT2D eigenvalue weighted by Gasteiger charge is -2.27. The summed E-state index contributed by atoms with van der Waals surface area (Å²) in [5.74, 6) is -3.01. The molecule has 182 valence electrons. The second-order valence-electron chi connectivity index (χ2n) is 7.98. The second-order valence-corrected chi connectivity index (χ2v) is 11.5. The van der Waals surface area contributed by atoms with E-state index in [0.717, 1.165) is 17.4 Å². The Morgan fingerprint density at radius 3 is 1.53 bits per heavy atom. The quantitative estimate of drug-likeness (QED) is 0.361. The van der Waals surface area contributed by atoms with E-state index in [-0.39, 0.29) is 0 Å². The lowest BCUT2D eigenvalue weighted by molar-refractivity contribution is -0.344. The Hall–Kier alpha value is -3.96. The van der Waals surface area contributed by atoms with Crippen molar-refractivity contribution in [3.8, 4) is 0 Å². The van der Waals surface area contributed by atoms with Crippen LogP contribution < -0.4 is 21.0 Å². The molecule has 0 unspecified atom stereocenters. The number of hydrogen-bond donors (Lipinski definition) is 1. The molecule has 0 fully saturated rings. The number of aromatic nitrogens is 2. The fraction of sp³-hybridized carbons (Fsp3) is 0.0714. The Morgan fingerprint density at radius 1 is 0.722 bits per heavy atom. The number of aromatic amines is 1. The van der Waals surface area contributed by atoms with E-state index >= 15 is 0 Å². The number of fused-ring (bicyclic) bond motifs is 1. The van der Waals surface area contributed by atoms with Gasteiger partial charge in [0.05, 0.1) is 5.52 Å². The van der Waals surface area contributed by atoms with Crippen LogP contribution in [-0.4, -0.2) is 22.3 Å². The molecular weight excluding hydrogens is 484 g/mol. The van der Waals surface area contributed by atoms with E-state index < -0.39 is 19.4 Å². The van der Waals surface area contributed by atoms with Crippen molar-refractivity contribution in [2.75, 3.05) is 0 Å². The van der Waals surface area contributed by atoms with Crippen LogP contribution in [0.15, 0.2) is 115 Å². The molecule has 4 aromatic carbocycles. The van der Waals surface area contributed by atoms with Crippen molar-refractivity contribution >= 4 is 40.0 Å². The van der Waals surface area contributed by atoms with Gasteiger partial charge in [-0.15, -0.1) is 0 Å². The Morgan fingerprint density at radius 2 is 1.11 bits per heavy atom. The molecule has 8 heteroatoms. The molecule has 0 aliphatic carbocycles. The summed E-state index contributed by atoms with van der Waals surface area (Å²) in [4.78, 5) is 8.78. The molecule has 1 N–H and O–H groups in total. The van der Waals surface area contributed by atoms with Gasteiger partial charge in [0.15, 0.2) is 0 Å². The van der Waals surface area contributed by atoms with Crippen LogP contribution in [-0.2, 0) is 11.0 Å². The molecule has 5 rings (SSSR count). The van der Waals surface area contributed by atoms with Gasteiger partial charge in [0, 0.05) is 5.39 Å². The number of para-hydroxylation sites is 1. The van der Waals surface area contributed by atoms with Crippen molar-refractivity contribution in [3.63, 3.8) is 0 Å². The number of alkyl halides is 3. The van der Waals surface area contributed by atoms with Gasteiger partial charge in [0.1, 0.15) is 41.0 Å². The third-order valence-electron chi connectivity index (χ3n) is 5.76. The van der Waals surface area contributed by atoms with Gasteiger partial charge >= 0.3 is 6.18 Å². The van der Waals surface area contributed by atoms with Crippen LogP contribution in [0.3, 0.4) is 0 Å². The minimum atomic E-state index is -5.19. The summed E-state index contributed by atoms with van der Waals surface area (Å²) in [5, 5.41) is 22.1. The smallest absolute Gasteiger partial charge is 0.430 e. The Labute approximate surface area is 206 Å². The van der Waals surface area contributed by atoms with Crippen LogP contribution in [0, 0.1) is 0 Å². The molecule has 0 bridgehead atoms.